The molecule has 1 saturated heterocycles. The number of sulfonamides is 1. The van der Waals surface area contributed by atoms with Gasteiger partial charge in [-0.2, -0.15) is 0 Å². The molecule has 0 radical (unpaired) electrons. The monoisotopic (exact) mass is 583 g/mol. The first-order valence-corrected chi connectivity index (χ1v) is 16.1. The van der Waals surface area contributed by atoms with Crippen LogP contribution < -0.4 is 14.2 Å². The standard InChI is InChI=1S/C28H46N4O7S/c1-6-7-14-30(15-8-9-16-32(2,3)4)26(33)19-31-18-22(21-10-11-24-25(17-21)39-20-38-24)27(28(34)35)23(31)12-13-29-40(5,36)37/h10-11,17,22-23,27,29H,6-9,12-16,18-20H2,1-5H3/p+1/t22-,23+,27-/m1/s1. The lowest BCUT2D eigenvalue weighted by atomic mass is 9.84. The molecule has 1 aromatic rings. The molecule has 3 atom stereocenters. The van der Waals surface area contributed by atoms with Crippen molar-refractivity contribution in [2.24, 2.45) is 5.92 Å². The third kappa shape index (κ3) is 9.32. The van der Waals surface area contributed by atoms with Crippen LogP contribution in [-0.4, -0.2) is 119 Å². The number of carbonyl (C=O) groups is 2. The zero-order chi connectivity index (χ0) is 29.5. The second kappa shape index (κ2) is 14.0. The SMILES string of the molecule is CCCCN(CCCC[N+](C)(C)C)C(=O)CN1C[C@H](c2ccc3c(c2)OCO3)[C@@H](C(=O)O)[C@@H]1CCNS(C)(=O)=O. The Labute approximate surface area is 239 Å². The summed E-state index contributed by atoms with van der Waals surface area (Å²) >= 11 is 0. The normalized spacial score (nSPS) is 21.1. The van der Waals surface area contributed by atoms with E-state index in [-0.39, 0.29) is 32.2 Å². The van der Waals surface area contributed by atoms with E-state index >= 15 is 0 Å². The van der Waals surface area contributed by atoms with Crippen LogP contribution in [0.1, 0.15) is 50.5 Å². The van der Waals surface area contributed by atoms with Gasteiger partial charge in [-0.1, -0.05) is 19.4 Å². The van der Waals surface area contributed by atoms with Crippen molar-refractivity contribution in [3.05, 3.63) is 23.8 Å². The topological polar surface area (TPSA) is 125 Å². The number of carbonyl (C=O) groups excluding carboxylic acids is 1. The fourth-order valence-corrected chi connectivity index (χ4v) is 6.09. The number of rotatable bonds is 16. The third-order valence-electron chi connectivity index (χ3n) is 7.64. The molecule has 0 unspecified atom stereocenters. The second-order valence-electron chi connectivity index (χ2n) is 12.0. The van der Waals surface area contributed by atoms with Crippen molar-refractivity contribution in [2.45, 2.75) is 51.0 Å². The number of hydrogen-bond acceptors (Lipinski definition) is 7. The van der Waals surface area contributed by atoms with Crippen LogP contribution in [0.15, 0.2) is 18.2 Å². The highest BCUT2D eigenvalue weighted by molar-refractivity contribution is 7.88. The molecule has 1 amide bonds. The molecule has 2 N–H and O–H groups in total. The van der Waals surface area contributed by atoms with E-state index in [1.54, 1.807) is 6.07 Å². The van der Waals surface area contributed by atoms with Crippen molar-refractivity contribution in [2.75, 3.05) is 73.5 Å². The predicted octanol–water partition coefficient (Wildman–Crippen LogP) is 1.94. The summed E-state index contributed by atoms with van der Waals surface area (Å²) < 4.78 is 37.8. The Morgan fingerprint density at radius 3 is 2.48 bits per heavy atom. The number of aliphatic carboxylic acids is 1. The molecule has 1 fully saturated rings. The van der Waals surface area contributed by atoms with E-state index in [0.29, 0.717) is 31.1 Å². The Morgan fingerprint density at radius 2 is 1.82 bits per heavy atom. The Bertz CT molecular complexity index is 1120. The number of unbranched alkanes of at least 4 members (excludes halogenated alkanes) is 2. The molecule has 2 aliphatic heterocycles. The van der Waals surface area contributed by atoms with E-state index in [1.807, 2.05) is 21.9 Å². The van der Waals surface area contributed by atoms with Gasteiger partial charge in [0, 0.05) is 38.1 Å². The quantitative estimate of drug-likeness (QED) is 0.224. The summed E-state index contributed by atoms with van der Waals surface area (Å²) in [4.78, 5) is 30.1. The predicted molar refractivity (Wildman–Crippen MR) is 153 cm³/mol. The van der Waals surface area contributed by atoms with Crippen molar-refractivity contribution in [1.29, 1.82) is 0 Å². The summed E-state index contributed by atoms with van der Waals surface area (Å²) in [6.07, 6.45) is 5.15. The fraction of sp³-hybridized carbons (Fsp3) is 0.714. The molecule has 0 aliphatic carbocycles. The minimum atomic E-state index is -3.44. The lowest BCUT2D eigenvalue weighted by Gasteiger charge is -2.30. The van der Waals surface area contributed by atoms with Gasteiger partial charge >= 0.3 is 5.97 Å². The summed E-state index contributed by atoms with van der Waals surface area (Å²) in [7, 11) is 3.03. The number of ether oxygens (including phenoxy) is 2. The maximum atomic E-state index is 13.6. The molecular weight excluding hydrogens is 536 g/mol. The zero-order valence-corrected chi connectivity index (χ0v) is 25.4. The van der Waals surface area contributed by atoms with Crippen molar-refractivity contribution < 1.29 is 37.1 Å². The maximum Gasteiger partial charge on any atom is 0.308 e. The van der Waals surface area contributed by atoms with Crippen LogP contribution in [0, 0.1) is 5.92 Å². The molecule has 12 heteroatoms. The van der Waals surface area contributed by atoms with E-state index in [4.69, 9.17) is 9.47 Å². The van der Waals surface area contributed by atoms with E-state index in [9.17, 15) is 23.1 Å². The van der Waals surface area contributed by atoms with E-state index < -0.39 is 33.9 Å². The van der Waals surface area contributed by atoms with Gasteiger partial charge in [0.2, 0.25) is 22.7 Å². The Hall–Kier alpha value is -2.41. The molecule has 1 aromatic carbocycles. The van der Waals surface area contributed by atoms with Crippen LogP contribution in [0.25, 0.3) is 0 Å². The highest BCUT2D eigenvalue weighted by Gasteiger charge is 2.47. The average Bonchev–Trinajstić information content (AvgIpc) is 3.46. The van der Waals surface area contributed by atoms with Gasteiger partial charge in [-0.05, 0) is 43.4 Å². The maximum absolute atomic E-state index is 13.6. The number of fused-ring (bicyclic) bond motifs is 1. The summed E-state index contributed by atoms with van der Waals surface area (Å²) in [6.45, 7) is 5.13. The van der Waals surface area contributed by atoms with Crippen molar-refractivity contribution in [3.63, 3.8) is 0 Å². The van der Waals surface area contributed by atoms with Crippen molar-refractivity contribution >= 4 is 21.9 Å². The highest BCUT2D eigenvalue weighted by atomic mass is 32.2. The van der Waals surface area contributed by atoms with Crippen LogP contribution in [0.5, 0.6) is 11.5 Å². The molecule has 2 aliphatic rings. The Balaban J connectivity index is 1.80. The van der Waals surface area contributed by atoms with Crippen LogP contribution in [0.2, 0.25) is 0 Å². The number of nitrogens with zero attached hydrogens (tertiary/aromatic N) is 3. The summed E-state index contributed by atoms with van der Waals surface area (Å²) in [5.74, 6) is -1.00. The minimum Gasteiger partial charge on any atom is -0.481 e. The number of hydrogen-bond donors (Lipinski definition) is 2. The van der Waals surface area contributed by atoms with Crippen molar-refractivity contribution in [3.8, 4) is 11.5 Å². The third-order valence-corrected chi connectivity index (χ3v) is 8.37. The first kappa shape index (κ1) is 32.1. The lowest BCUT2D eigenvalue weighted by molar-refractivity contribution is -0.870. The van der Waals surface area contributed by atoms with Gasteiger partial charge in [0.1, 0.15) is 0 Å². The van der Waals surface area contributed by atoms with Gasteiger partial charge < -0.3 is 24.0 Å². The van der Waals surface area contributed by atoms with Gasteiger partial charge in [-0.15, -0.1) is 0 Å². The smallest absolute Gasteiger partial charge is 0.308 e. The van der Waals surface area contributed by atoms with E-state index in [1.165, 1.54) is 0 Å². The number of amides is 1. The highest BCUT2D eigenvalue weighted by Crippen LogP contribution is 2.42. The number of benzene rings is 1. The fourth-order valence-electron chi connectivity index (χ4n) is 5.60. The molecule has 2 heterocycles. The van der Waals surface area contributed by atoms with Gasteiger partial charge in [0.05, 0.1) is 46.4 Å². The van der Waals surface area contributed by atoms with Crippen molar-refractivity contribution in [1.82, 2.24) is 14.5 Å². The molecule has 226 valence electrons. The molecule has 11 nitrogen and oxygen atoms in total. The first-order chi connectivity index (χ1) is 18.8. The number of nitrogens with one attached hydrogen (secondary N) is 1. The van der Waals surface area contributed by atoms with Crippen LogP contribution in [0.3, 0.4) is 0 Å². The molecule has 3 rings (SSSR count). The van der Waals surface area contributed by atoms with Crippen LogP contribution in [0.4, 0.5) is 0 Å². The summed E-state index contributed by atoms with van der Waals surface area (Å²) in [6, 6.07) is 4.94. The zero-order valence-electron chi connectivity index (χ0n) is 24.6. The largest absolute Gasteiger partial charge is 0.481 e. The van der Waals surface area contributed by atoms with E-state index in [2.05, 4.69) is 32.8 Å². The summed E-state index contributed by atoms with van der Waals surface area (Å²) in [5, 5.41) is 10.3. The van der Waals surface area contributed by atoms with Gasteiger partial charge in [0.15, 0.2) is 11.5 Å². The molecule has 40 heavy (non-hydrogen) atoms. The minimum absolute atomic E-state index is 0.0183. The van der Waals surface area contributed by atoms with Crippen LogP contribution in [-0.2, 0) is 19.6 Å². The molecule has 0 bridgehead atoms. The number of likely N-dealkylation sites (tertiary alicyclic amines) is 1. The molecular formula is C28H47N4O7S+. The number of carboxylic acids is 1. The number of carboxylic acid groups (broad SMARTS) is 1. The Morgan fingerprint density at radius 1 is 1.12 bits per heavy atom. The van der Waals surface area contributed by atoms with Gasteiger partial charge in [0.25, 0.3) is 0 Å². The van der Waals surface area contributed by atoms with Gasteiger partial charge in [-0.3, -0.25) is 14.5 Å². The second-order valence-corrected chi connectivity index (χ2v) is 13.8. The molecule has 0 spiro atoms. The molecule has 0 saturated carbocycles. The lowest BCUT2D eigenvalue weighted by Crippen LogP contribution is -2.45. The average molecular weight is 584 g/mol. The Kier molecular flexibility index (Phi) is 11.2. The first-order valence-electron chi connectivity index (χ1n) is 14.2. The van der Waals surface area contributed by atoms with E-state index in [0.717, 1.165) is 48.5 Å². The summed E-state index contributed by atoms with van der Waals surface area (Å²) in [5.41, 5.74) is 0.802. The number of quaternary nitrogens is 1. The van der Waals surface area contributed by atoms with Crippen LogP contribution >= 0.6 is 0 Å². The van der Waals surface area contributed by atoms with Gasteiger partial charge in [-0.25, -0.2) is 13.1 Å². The molecule has 0 aromatic heterocycles.